The number of ether oxygens (including phenoxy) is 2. The third kappa shape index (κ3) is 8.17. The number of benzene rings is 2. The second-order valence-corrected chi connectivity index (χ2v) is 8.37. The molecule has 0 radical (unpaired) electrons. The molecule has 0 N–H and O–H groups in total. The Kier molecular flexibility index (Phi) is 9.66. The first-order valence-corrected chi connectivity index (χ1v) is 11.6. The van der Waals surface area contributed by atoms with Crippen molar-refractivity contribution >= 4 is 17.5 Å². The molecule has 0 aliphatic carbocycles. The second-order valence-electron chi connectivity index (χ2n) is 7.93. The van der Waals surface area contributed by atoms with Crippen molar-refractivity contribution in [3.63, 3.8) is 0 Å². The fourth-order valence-electron chi connectivity index (χ4n) is 3.63. The van der Waals surface area contributed by atoms with Crippen LogP contribution in [0.3, 0.4) is 0 Å². The standard InChI is InChI=1S/C25H33ClN2O3/c1-2-3-4-8-25(29)28(14-13-27-15-17-30-18-16-27)20-21-6-5-7-24(19-21)31-23-11-9-22(26)10-12-23/h5-7,9-12,19H,2-4,8,13-18,20H2,1H3. The summed E-state index contributed by atoms with van der Waals surface area (Å²) in [6, 6.07) is 15.3. The van der Waals surface area contributed by atoms with E-state index < -0.39 is 0 Å². The van der Waals surface area contributed by atoms with Gasteiger partial charge in [-0.3, -0.25) is 9.69 Å². The van der Waals surface area contributed by atoms with Crippen LogP contribution in [-0.4, -0.2) is 55.1 Å². The fraction of sp³-hybridized carbons (Fsp3) is 0.480. The molecule has 0 unspecified atom stereocenters. The number of halogens is 1. The molecule has 0 saturated carbocycles. The van der Waals surface area contributed by atoms with Gasteiger partial charge in [-0.25, -0.2) is 0 Å². The molecule has 1 saturated heterocycles. The minimum absolute atomic E-state index is 0.228. The smallest absolute Gasteiger partial charge is 0.222 e. The number of carbonyl (C=O) groups is 1. The van der Waals surface area contributed by atoms with E-state index in [9.17, 15) is 4.79 Å². The van der Waals surface area contributed by atoms with Gasteiger partial charge in [0, 0.05) is 44.2 Å². The molecule has 31 heavy (non-hydrogen) atoms. The van der Waals surface area contributed by atoms with Crippen LogP contribution in [0.5, 0.6) is 11.5 Å². The zero-order valence-electron chi connectivity index (χ0n) is 18.4. The van der Waals surface area contributed by atoms with E-state index in [2.05, 4.69) is 17.9 Å². The molecule has 1 aliphatic heterocycles. The molecular weight excluding hydrogens is 412 g/mol. The van der Waals surface area contributed by atoms with Crippen molar-refractivity contribution in [2.45, 2.75) is 39.2 Å². The van der Waals surface area contributed by atoms with Gasteiger partial charge in [-0.15, -0.1) is 0 Å². The number of unbranched alkanes of at least 4 members (excludes halogenated alkanes) is 2. The highest BCUT2D eigenvalue weighted by Gasteiger charge is 2.17. The van der Waals surface area contributed by atoms with Gasteiger partial charge in [0.25, 0.3) is 0 Å². The van der Waals surface area contributed by atoms with Gasteiger partial charge in [0.2, 0.25) is 5.91 Å². The first kappa shape index (κ1) is 23.6. The van der Waals surface area contributed by atoms with Gasteiger partial charge >= 0.3 is 0 Å². The van der Waals surface area contributed by atoms with Crippen LogP contribution in [-0.2, 0) is 16.1 Å². The van der Waals surface area contributed by atoms with Crippen LogP contribution in [0.2, 0.25) is 5.02 Å². The molecule has 2 aromatic carbocycles. The van der Waals surface area contributed by atoms with Crippen molar-refractivity contribution in [3.05, 3.63) is 59.1 Å². The van der Waals surface area contributed by atoms with Crippen LogP contribution in [0.4, 0.5) is 0 Å². The third-order valence-electron chi connectivity index (χ3n) is 5.46. The van der Waals surface area contributed by atoms with E-state index in [-0.39, 0.29) is 5.91 Å². The highest BCUT2D eigenvalue weighted by Crippen LogP contribution is 2.24. The predicted octanol–water partition coefficient (Wildman–Crippen LogP) is 5.37. The fourth-order valence-corrected chi connectivity index (χ4v) is 3.76. The van der Waals surface area contributed by atoms with Crippen molar-refractivity contribution in [1.29, 1.82) is 0 Å². The molecule has 1 aliphatic rings. The summed E-state index contributed by atoms with van der Waals surface area (Å²) in [5.41, 5.74) is 1.07. The van der Waals surface area contributed by atoms with Gasteiger partial charge in [0.05, 0.1) is 13.2 Å². The number of rotatable bonds is 11. The Labute approximate surface area is 190 Å². The highest BCUT2D eigenvalue weighted by molar-refractivity contribution is 6.30. The maximum Gasteiger partial charge on any atom is 0.222 e. The Hall–Kier alpha value is -2.08. The SMILES string of the molecule is CCCCCC(=O)N(CCN1CCOCC1)Cc1cccc(Oc2ccc(Cl)cc2)c1. The Morgan fingerprint density at radius 2 is 1.87 bits per heavy atom. The molecule has 1 fully saturated rings. The normalized spacial score (nSPS) is 14.4. The molecular formula is C25H33ClN2O3. The molecule has 0 bridgehead atoms. The Bertz CT molecular complexity index is 807. The van der Waals surface area contributed by atoms with Crippen molar-refractivity contribution in [1.82, 2.24) is 9.80 Å². The molecule has 0 spiro atoms. The van der Waals surface area contributed by atoms with Crippen LogP contribution in [0.25, 0.3) is 0 Å². The molecule has 168 valence electrons. The zero-order chi connectivity index (χ0) is 21.9. The van der Waals surface area contributed by atoms with E-state index in [1.54, 1.807) is 0 Å². The summed E-state index contributed by atoms with van der Waals surface area (Å²) in [6.07, 6.45) is 3.76. The first-order valence-electron chi connectivity index (χ1n) is 11.2. The van der Waals surface area contributed by atoms with Gasteiger partial charge in [0.1, 0.15) is 11.5 Å². The quantitative estimate of drug-likeness (QED) is 0.437. The van der Waals surface area contributed by atoms with Crippen LogP contribution in [0.1, 0.15) is 38.2 Å². The van der Waals surface area contributed by atoms with Crippen LogP contribution >= 0.6 is 11.6 Å². The minimum atomic E-state index is 0.228. The summed E-state index contributed by atoms with van der Waals surface area (Å²) >= 11 is 5.95. The van der Waals surface area contributed by atoms with Crippen molar-refractivity contribution in [3.8, 4) is 11.5 Å². The number of nitrogens with zero attached hydrogens (tertiary/aromatic N) is 2. The minimum Gasteiger partial charge on any atom is -0.457 e. The van der Waals surface area contributed by atoms with E-state index in [1.807, 2.05) is 47.4 Å². The lowest BCUT2D eigenvalue weighted by Crippen LogP contribution is -2.42. The Morgan fingerprint density at radius 1 is 1.10 bits per heavy atom. The van der Waals surface area contributed by atoms with E-state index in [0.29, 0.717) is 18.0 Å². The summed E-state index contributed by atoms with van der Waals surface area (Å²) in [6.45, 7) is 7.77. The highest BCUT2D eigenvalue weighted by atomic mass is 35.5. The molecule has 0 aromatic heterocycles. The van der Waals surface area contributed by atoms with E-state index in [4.69, 9.17) is 21.1 Å². The summed E-state index contributed by atoms with van der Waals surface area (Å²) < 4.78 is 11.4. The number of morpholine rings is 1. The van der Waals surface area contributed by atoms with Crippen LogP contribution in [0, 0.1) is 0 Å². The molecule has 3 rings (SSSR count). The van der Waals surface area contributed by atoms with Crippen LogP contribution in [0.15, 0.2) is 48.5 Å². The number of hydrogen-bond acceptors (Lipinski definition) is 4. The molecule has 6 heteroatoms. The van der Waals surface area contributed by atoms with Gasteiger partial charge in [-0.2, -0.15) is 0 Å². The average Bonchev–Trinajstić information content (AvgIpc) is 2.79. The first-order chi connectivity index (χ1) is 15.1. The van der Waals surface area contributed by atoms with Gasteiger partial charge in [0.15, 0.2) is 0 Å². The molecule has 1 amide bonds. The molecule has 1 heterocycles. The monoisotopic (exact) mass is 444 g/mol. The maximum absolute atomic E-state index is 12.9. The van der Waals surface area contributed by atoms with Crippen molar-refractivity contribution < 1.29 is 14.3 Å². The number of hydrogen-bond donors (Lipinski definition) is 0. The van der Waals surface area contributed by atoms with E-state index in [1.165, 1.54) is 0 Å². The third-order valence-corrected chi connectivity index (χ3v) is 5.71. The topological polar surface area (TPSA) is 42.0 Å². The van der Waals surface area contributed by atoms with Crippen molar-refractivity contribution in [2.75, 3.05) is 39.4 Å². The lowest BCUT2D eigenvalue weighted by molar-refractivity contribution is -0.132. The maximum atomic E-state index is 12.9. The Balaban J connectivity index is 1.63. The molecule has 0 atom stereocenters. The Morgan fingerprint density at radius 3 is 2.61 bits per heavy atom. The molecule has 2 aromatic rings. The number of carbonyl (C=O) groups excluding carboxylic acids is 1. The lowest BCUT2D eigenvalue weighted by Gasteiger charge is -2.30. The predicted molar refractivity (Wildman–Crippen MR) is 125 cm³/mol. The van der Waals surface area contributed by atoms with Crippen molar-refractivity contribution in [2.24, 2.45) is 0 Å². The van der Waals surface area contributed by atoms with Gasteiger partial charge in [-0.1, -0.05) is 43.5 Å². The summed E-state index contributed by atoms with van der Waals surface area (Å²) in [5, 5.41) is 0.679. The largest absolute Gasteiger partial charge is 0.457 e. The van der Waals surface area contributed by atoms with Gasteiger partial charge < -0.3 is 14.4 Å². The van der Waals surface area contributed by atoms with Gasteiger partial charge in [-0.05, 0) is 48.4 Å². The number of amides is 1. The zero-order valence-corrected chi connectivity index (χ0v) is 19.2. The second kappa shape index (κ2) is 12.7. The summed E-state index contributed by atoms with van der Waals surface area (Å²) in [5.74, 6) is 1.72. The molecule has 5 nitrogen and oxygen atoms in total. The van der Waals surface area contributed by atoms with E-state index >= 15 is 0 Å². The average molecular weight is 445 g/mol. The lowest BCUT2D eigenvalue weighted by atomic mass is 10.1. The summed E-state index contributed by atoms with van der Waals surface area (Å²) in [4.78, 5) is 17.3. The summed E-state index contributed by atoms with van der Waals surface area (Å²) in [7, 11) is 0. The van der Waals surface area contributed by atoms with E-state index in [0.717, 1.165) is 75.7 Å². The van der Waals surface area contributed by atoms with Crippen LogP contribution < -0.4 is 4.74 Å².